The Morgan fingerprint density at radius 2 is 2.08 bits per heavy atom. The van der Waals surface area contributed by atoms with E-state index in [0.717, 1.165) is 4.47 Å². The first kappa shape index (κ1) is 17.4. The fraction of sp³-hybridized carbons (Fsp3) is 0.0588. The number of carbonyl (C=O) groups excluding carboxylic acids is 1. The van der Waals surface area contributed by atoms with Gasteiger partial charge in [-0.1, -0.05) is 28.1 Å². The molecule has 0 saturated carbocycles. The number of nitrogens with zero attached hydrogens (tertiary/aromatic N) is 2. The van der Waals surface area contributed by atoms with Gasteiger partial charge in [-0.25, -0.2) is 0 Å². The number of hydrogen-bond acceptors (Lipinski definition) is 4. The van der Waals surface area contributed by atoms with Crippen molar-refractivity contribution in [2.24, 2.45) is 0 Å². The van der Waals surface area contributed by atoms with Crippen molar-refractivity contribution in [1.82, 2.24) is 0 Å². The molecule has 120 valence electrons. The summed E-state index contributed by atoms with van der Waals surface area (Å²) in [6.45, 7) is 1.65. The highest BCUT2D eigenvalue weighted by Crippen LogP contribution is 2.22. The van der Waals surface area contributed by atoms with Gasteiger partial charge in [-0.05, 0) is 42.3 Å². The van der Waals surface area contributed by atoms with Gasteiger partial charge >= 0.3 is 0 Å². The second-order valence-corrected chi connectivity index (χ2v) is 5.85. The maximum absolute atomic E-state index is 12.3. The monoisotopic (exact) mass is 385 g/mol. The van der Waals surface area contributed by atoms with Crippen molar-refractivity contribution in [2.45, 2.75) is 6.92 Å². The van der Waals surface area contributed by atoms with Crippen LogP contribution < -0.4 is 5.32 Å². The molecule has 0 saturated heterocycles. The number of non-ortho nitro benzene ring substituents is 1. The van der Waals surface area contributed by atoms with Gasteiger partial charge in [0.15, 0.2) is 0 Å². The Kier molecular flexibility index (Phi) is 5.45. The Balaban J connectivity index is 2.24. The lowest BCUT2D eigenvalue weighted by Crippen LogP contribution is -2.14. The molecule has 0 unspecified atom stereocenters. The number of halogens is 1. The van der Waals surface area contributed by atoms with Crippen LogP contribution in [0.4, 0.5) is 11.4 Å². The zero-order chi connectivity index (χ0) is 17.7. The molecule has 2 aromatic rings. The molecule has 0 aromatic heterocycles. The van der Waals surface area contributed by atoms with Crippen molar-refractivity contribution in [2.75, 3.05) is 5.32 Å². The van der Waals surface area contributed by atoms with E-state index in [-0.39, 0.29) is 11.3 Å². The van der Waals surface area contributed by atoms with Crippen molar-refractivity contribution in [3.8, 4) is 6.07 Å². The average Bonchev–Trinajstić information content (AvgIpc) is 2.54. The van der Waals surface area contributed by atoms with Crippen LogP contribution in [-0.2, 0) is 4.79 Å². The minimum Gasteiger partial charge on any atom is -0.321 e. The Hall–Kier alpha value is -2.98. The zero-order valence-corrected chi connectivity index (χ0v) is 14.2. The zero-order valence-electron chi connectivity index (χ0n) is 12.6. The molecule has 6 nitrogen and oxygen atoms in total. The highest BCUT2D eigenvalue weighted by atomic mass is 79.9. The van der Waals surface area contributed by atoms with E-state index in [2.05, 4.69) is 21.2 Å². The van der Waals surface area contributed by atoms with Crippen LogP contribution in [0.5, 0.6) is 0 Å². The highest BCUT2D eigenvalue weighted by Gasteiger charge is 2.13. The molecule has 0 bridgehead atoms. The number of hydrogen-bond donors (Lipinski definition) is 1. The predicted octanol–water partition coefficient (Wildman–Crippen LogP) is 4.21. The molecule has 2 aromatic carbocycles. The van der Waals surface area contributed by atoms with Gasteiger partial charge < -0.3 is 5.32 Å². The van der Waals surface area contributed by atoms with E-state index in [4.69, 9.17) is 0 Å². The molecule has 1 amide bonds. The first-order chi connectivity index (χ1) is 11.4. The van der Waals surface area contributed by atoms with E-state index in [1.165, 1.54) is 24.3 Å². The van der Waals surface area contributed by atoms with Crippen molar-refractivity contribution in [1.29, 1.82) is 5.26 Å². The van der Waals surface area contributed by atoms with Gasteiger partial charge in [0.05, 0.1) is 4.92 Å². The number of aryl methyl sites for hydroxylation is 1. The van der Waals surface area contributed by atoms with Crippen LogP contribution in [0, 0.1) is 28.4 Å². The molecule has 0 heterocycles. The molecular formula is C17H12BrN3O3. The van der Waals surface area contributed by atoms with Crippen molar-refractivity contribution < 1.29 is 9.72 Å². The number of benzene rings is 2. The number of carbonyl (C=O) groups is 1. The quantitative estimate of drug-likeness (QED) is 0.368. The fourth-order valence-corrected chi connectivity index (χ4v) is 2.42. The topological polar surface area (TPSA) is 96.0 Å². The van der Waals surface area contributed by atoms with Crippen molar-refractivity contribution in [3.63, 3.8) is 0 Å². The average molecular weight is 386 g/mol. The lowest BCUT2D eigenvalue weighted by atomic mass is 10.1. The fourth-order valence-electron chi connectivity index (χ4n) is 2.00. The van der Waals surface area contributed by atoms with Gasteiger partial charge in [0.25, 0.3) is 11.6 Å². The van der Waals surface area contributed by atoms with Crippen LogP contribution in [-0.4, -0.2) is 10.8 Å². The third-order valence-corrected chi connectivity index (χ3v) is 3.69. The molecule has 2 rings (SSSR count). The molecular weight excluding hydrogens is 374 g/mol. The lowest BCUT2D eigenvalue weighted by Gasteiger charge is -2.07. The number of amides is 1. The lowest BCUT2D eigenvalue weighted by molar-refractivity contribution is -0.384. The van der Waals surface area contributed by atoms with Crippen LogP contribution in [0.25, 0.3) is 6.08 Å². The Morgan fingerprint density at radius 3 is 2.67 bits per heavy atom. The van der Waals surface area contributed by atoms with Gasteiger partial charge in [-0.15, -0.1) is 0 Å². The van der Waals surface area contributed by atoms with E-state index in [1.54, 1.807) is 25.1 Å². The summed E-state index contributed by atoms with van der Waals surface area (Å²) >= 11 is 3.33. The number of nitrogens with one attached hydrogen (secondary N) is 1. The molecule has 0 aliphatic carbocycles. The number of nitro groups is 1. The third kappa shape index (κ3) is 4.27. The summed E-state index contributed by atoms with van der Waals surface area (Å²) < 4.78 is 0.833. The van der Waals surface area contributed by atoms with Gasteiger partial charge in [0.2, 0.25) is 0 Å². The SMILES string of the molecule is Cc1cc([N+](=O)[O-])ccc1NC(=O)/C(C#N)=C/c1cccc(Br)c1. The molecule has 0 atom stereocenters. The molecule has 0 radical (unpaired) electrons. The molecule has 7 heteroatoms. The van der Waals surface area contributed by atoms with Crippen LogP contribution in [0.15, 0.2) is 52.5 Å². The first-order valence-corrected chi connectivity index (χ1v) is 7.64. The normalized spacial score (nSPS) is 10.8. The van der Waals surface area contributed by atoms with Crippen LogP contribution in [0.1, 0.15) is 11.1 Å². The molecule has 1 N–H and O–H groups in total. The predicted molar refractivity (Wildman–Crippen MR) is 94.2 cm³/mol. The van der Waals surface area contributed by atoms with Crippen molar-refractivity contribution in [3.05, 3.63) is 73.8 Å². The number of nitriles is 1. The van der Waals surface area contributed by atoms with Gasteiger partial charge in [-0.2, -0.15) is 5.26 Å². The Labute approximate surface area is 146 Å². The first-order valence-electron chi connectivity index (χ1n) is 6.84. The number of rotatable bonds is 4. The maximum atomic E-state index is 12.3. The molecule has 0 spiro atoms. The third-order valence-electron chi connectivity index (χ3n) is 3.19. The molecule has 24 heavy (non-hydrogen) atoms. The van der Waals surface area contributed by atoms with Gasteiger partial charge in [0, 0.05) is 22.3 Å². The standard InChI is InChI=1S/C17H12BrN3O3/c1-11-7-15(21(23)24)5-6-16(11)20-17(22)13(10-19)8-12-3-2-4-14(18)9-12/h2-9H,1H3,(H,20,22)/b13-8+. The van der Waals surface area contributed by atoms with E-state index >= 15 is 0 Å². The van der Waals surface area contributed by atoms with Gasteiger partial charge in [-0.3, -0.25) is 14.9 Å². The van der Waals surface area contributed by atoms with Crippen LogP contribution in [0.2, 0.25) is 0 Å². The minimum atomic E-state index is -0.575. The smallest absolute Gasteiger partial charge is 0.269 e. The van der Waals surface area contributed by atoms with Crippen LogP contribution in [0.3, 0.4) is 0 Å². The second-order valence-electron chi connectivity index (χ2n) is 4.94. The largest absolute Gasteiger partial charge is 0.321 e. The van der Waals surface area contributed by atoms with E-state index in [1.807, 2.05) is 12.1 Å². The molecule has 0 fully saturated rings. The summed E-state index contributed by atoms with van der Waals surface area (Å²) in [7, 11) is 0. The molecule has 0 aliphatic rings. The van der Waals surface area contributed by atoms with Crippen molar-refractivity contribution >= 4 is 39.3 Å². The summed E-state index contributed by atoms with van der Waals surface area (Å²) in [6.07, 6.45) is 1.47. The van der Waals surface area contributed by atoms with E-state index < -0.39 is 10.8 Å². The Morgan fingerprint density at radius 1 is 1.33 bits per heavy atom. The Bertz CT molecular complexity index is 885. The summed E-state index contributed by atoms with van der Waals surface area (Å²) in [4.78, 5) is 22.5. The highest BCUT2D eigenvalue weighted by molar-refractivity contribution is 9.10. The van der Waals surface area contributed by atoms with Crippen LogP contribution >= 0.6 is 15.9 Å². The van der Waals surface area contributed by atoms with E-state index in [0.29, 0.717) is 16.8 Å². The second kappa shape index (κ2) is 7.53. The number of anilines is 1. The summed E-state index contributed by atoms with van der Waals surface area (Å²) in [5.74, 6) is -0.575. The van der Waals surface area contributed by atoms with E-state index in [9.17, 15) is 20.2 Å². The summed E-state index contributed by atoms with van der Waals surface area (Å²) in [5.41, 5.74) is 1.54. The maximum Gasteiger partial charge on any atom is 0.269 e. The summed E-state index contributed by atoms with van der Waals surface area (Å²) in [6, 6.07) is 13.1. The molecule has 0 aliphatic heterocycles. The minimum absolute atomic E-state index is 0.0596. The van der Waals surface area contributed by atoms with Gasteiger partial charge in [0.1, 0.15) is 11.6 Å². The number of nitro benzene ring substituents is 1. The summed E-state index contributed by atoms with van der Waals surface area (Å²) in [5, 5.41) is 22.5.